The summed E-state index contributed by atoms with van der Waals surface area (Å²) < 4.78 is 24.1. The zero-order chi connectivity index (χ0) is 16.7. The number of anilines is 1. The number of aryl methyl sites for hydroxylation is 1. The highest BCUT2D eigenvalue weighted by Crippen LogP contribution is 2.27. The van der Waals surface area contributed by atoms with Gasteiger partial charge in [0.25, 0.3) is 5.91 Å². The van der Waals surface area contributed by atoms with E-state index >= 15 is 0 Å². The SMILES string of the molecule is O=C(Nc1ccc2c(c1)CCCS2(=O)=O)c1ccc2nc[nH]c2c1. The lowest BCUT2D eigenvalue weighted by Crippen LogP contribution is -2.17. The van der Waals surface area contributed by atoms with Gasteiger partial charge in [0.1, 0.15) is 0 Å². The number of hydrogen-bond donors (Lipinski definition) is 2. The highest BCUT2D eigenvalue weighted by molar-refractivity contribution is 7.91. The van der Waals surface area contributed by atoms with Crippen LogP contribution in [0.3, 0.4) is 0 Å². The number of carbonyl (C=O) groups excluding carboxylic acids is 1. The fourth-order valence-corrected chi connectivity index (χ4v) is 4.58. The molecule has 3 aromatic rings. The van der Waals surface area contributed by atoms with Gasteiger partial charge in [-0.15, -0.1) is 0 Å². The van der Waals surface area contributed by atoms with Gasteiger partial charge in [0.2, 0.25) is 0 Å². The Kier molecular flexibility index (Phi) is 3.38. The van der Waals surface area contributed by atoms with Crippen molar-refractivity contribution in [2.45, 2.75) is 17.7 Å². The number of benzene rings is 2. The van der Waals surface area contributed by atoms with Gasteiger partial charge < -0.3 is 10.3 Å². The molecule has 0 aliphatic carbocycles. The van der Waals surface area contributed by atoms with E-state index in [4.69, 9.17) is 0 Å². The fraction of sp³-hybridized carbons (Fsp3) is 0.176. The number of aromatic amines is 1. The standard InChI is InChI=1S/C17H15N3O3S/c21-17(12-3-5-14-15(9-12)19-10-18-14)20-13-4-6-16-11(8-13)2-1-7-24(16,22)23/h3-6,8-10H,1-2,7H2,(H,18,19)(H,20,21). The number of fused-ring (bicyclic) bond motifs is 2. The van der Waals surface area contributed by atoms with Crippen LogP contribution in [0.1, 0.15) is 22.3 Å². The second-order valence-corrected chi connectivity index (χ2v) is 7.91. The van der Waals surface area contributed by atoms with E-state index in [0.717, 1.165) is 16.6 Å². The largest absolute Gasteiger partial charge is 0.345 e. The summed E-state index contributed by atoms with van der Waals surface area (Å²) in [5, 5.41) is 2.82. The van der Waals surface area contributed by atoms with Gasteiger partial charge in [-0.1, -0.05) is 0 Å². The molecule has 0 spiro atoms. The lowest BCUT2D eigenvalue weighted by Gasteiger charge is -2.17. The van der Waals surface area contributed by atoms with Crippen LogP contribution in [0.5, 0.6) is 0 Å². The number of nitrogens with one attached hydrogen (secondary N) is 2. The van der Waals surface area contributed by atoms with Gasteiger partial charge >= 0.3 is 0 Å². The number of imidazole rings is 1. The molecular weight excluding hydrogens is 326 g/mol. The Labute approximate surface area is 138 Å². The van der Waals surface area contributed by atoms with Crippen molar-refractivity contribution >= 4 is 32.5 Å². The molecule has 0 saturated carbocycles. The van der Waals surface area contributed by atoms with Crippen molar-refractivity contribution in [1.29, 1.82) is 0 Å². The van der Waals surface area contributed by atoms with Gasteiger partial charge in [0.05, 0.1) is 28.0 Å². The van der Waals surface area contributed by atoms with Crippen molar-refractivity contribution in [3.63, 3.8) is 0 Å². The third kappa shape index (κ3) is 2.56. The van der Waals surface area contributed by atoms with Crippen LogP contribution >= 0.6 is 0 Å². The normalized spacial score (nSPS) is 15.8. The summed E-state index contributed by atoms with van der Waals surface area (Å²) in [6, 6.07) is 10.2. The van der Waals surface area contributed by atoms with E-state index in [-0.39, 0.29) is 11.7 Å². The third-order valence-corrected chi connectivity index (χ3v) is 6.09. The zero-order valence-electron chi connectivity index (χ0n) is 12.7. The molecule has 0 fully saturated rings. The van der Waals surface area contributed by atoms with Crippen LogP contribution < -0.4 is 5.32 Å². The minimum absolute atomic E-state index is 0.190. The van der Waals surface area contributed by atoms with E-state index in [0.29, 0.717) is 29.0 Å². The molecule has 0 saturated heterocycles. The van der Waals surface area contributed by atoms with Crippen LogP contribution in [0.4, 0.5) is 5.69 Å². The number of amides is 1. The summed E-state index contributed by atoms with van der Waals surface area (Å²) in [7, 11) is -3.18. The van der Waals surface area contributed by atoms with Crippen molar-refractivity contribution in [1.82, 2.24) is 9.97 Å². The third-order valence-electron chi connectivity index (χ3n) is 4.20. The van der Waals surface area contributed by atoms with Gasteiger partial charge in [-0.25, -0.2) is 13.4 Å². The van der Waals surface area contributed by atoms with Crippen molar-refractivity contribution in [3.8, 4) is 0 Å². The van der Waals surface area contributed by atoms with Crippen LogP contribution in [0.15, 0.2) is 47.6 Å². The molecule has 0 atom stereocenters. The van der Waals surface area contributed by atoms with Crippen LogP contribution in [-0.2, 0) is 16.3 Å². The number of aromatic nitrogens is 2. The summed E-state index contributed by atoms with van der Waals surface area (Å²) in [5.74, 6) is -0.0549. The van der Waals surface area contributed by atoms with Gasteiger partial charge in [-0.2, -0.15) is 0 Å². The predicted molar refractivity (Wildman–Crippen MR) is 90.9 cm³/mol. The molecule has 1 amide bonds. The first-order valence-corrected chi connectivity index (χ1v) is 9.28. The molecule has 1 aliphatic heterocycles. The Bertz CT molecular complexity index is 1050. The molecule has 24 heavy (non-hydrogen) atoms. The Balaban J connectivity index is 1.62. The topological polar surface area (TPSA) is 91.9 Å². The highest BCUT2D eigenvalue weighted by Gasteiger charge is 2.23. The van der Waals surface area contributed by atoms with E-state index < -0.39 is 9.84 Å². The Hall–Kier alpha value is -2.67. The zero-order valence-corrected chi connectivity index (χ0v) is 13.6. The van der Waals surface area contributed by atoms with Crippen molar-refractivity contribution in [2.24, 2.45) is 0 Å². The highest BCUT2D eigenvalue weighted by atomic mass is 32.2. The maximum absolute atomic E-state index is 12.4. The summed E-state index contributed by atoms with van der Waals surface area (Å²) >= 11 is 0. The Morgan fingerprint density at radius 3 is 2.92 bits per heavy atom. The van der Waals surface area contributed by atoms with Crippen LogP contribution in [-0.4, -0.2) is 30.0 Å². The molecule has 0 radical (unpaired) electrons. The molecule has 7 heteroatoms. The fourth-order valence-electron chi connectivity index (χ4n) is 3.00. The number of carbonyl (C=O) groups is 1. The van der Waals surface area contributed by atoms with Gasteiger partial charge in [0.15, 0.2) is 9.84 Å². The first-order chi connectivity index (χ1) is 11.5. The molecule has 1 aromatic heterocycles. The van der Waals surface area contributed by atoms with E-state index in [2.05, 4.69) is 15.3 Å². The van der Waals surface area contributed by atoms with Gasteiger partial charge in [-0.3, -0.25) is 4.79 Å². The molecule has 4 rings (SSSR count). The maximum Gasteiger partial charge on any atom is 0.255 e. The van der Waals surface area contributed by atoms with E-state index in [1.807, 2.05) is 0 Å². The summed E-state index contributed by atoms with van der Waals surface area (Å²) in [4.78, 5) is 19.9. The first kappa shape index (κ1) is 14.9. The van der Waals surface area contributed by atoms with Crippen LogP contribution in [0.25, 0.3) is 11.0 Å². The summed E-state index contributed by atoms with van der Waals surface area (Å²) in [6.45, 7) is 0. The van der Waals surface area contributed by atoms with Gasteiger partial charge in [0, 0.05) is 11.3 Å². The molecule has 2 N–H and O–H groups in total. The molecule has 2 aromatic carbocycles. The van der Waals surface area contributed by atoms with E-state index in [9.17, 15) is 13.2 Å². The average Bonchev–Trinajstić information content (AvgIpc) is 3.02. The van der Waals surface area contributed by atoms with Crippen molar-refractivity contribution in [2.75, 3.05) is 11.1 Å². The lowest BCUT2D eigenvalue weighted by molar-refractivity contribution is 0.102. The lowest BCUT2D eigenvalue weighted by atomic mass is 10.1. The molecule has 1 aliphatic rings. The minimum atomic E-state index is -3.18. The summed E-state index contributed by atoms with van der Waals surface area (Å²) in [5.41, 5.74) is 3.46. The monoisotopic (exact) mass is 341 g/mol. The quantitative estimate of drug-likeness (QED) is 0.749. The Morgan fingerprint density at radius 1 is 1.17 bits per heavy atom. The molecule has 6 nitrogen and oxygen atoms in total. The number of rotatable bonds is 2. The maximum atomic E-state index is 12.4. The molecular formula is C17H15N3O3S. The first-order valence-electron chi connectivity index (χ1n) is 7.63. The number of hydrogen-bond acceptors (Lipinski definition) is 4. The number of H-pyrrole nitrogens is 1. The number of sulfone groups is 1. The average molecular weight is 341 g/mol. The smallest absolute Gasteiger partial charge is 0.255 e. The van der Waals surface area contributed by atoms with Crippen LogP contribution in [0, 0.1) is 0 Å². The number of nitrogens with zero attached hydrogens (tertiary/aromatic N) is 1. The predicted octanol–water partition coefficient (Wildman–Crippen LogP) is 2.54. The molecule has 122 valence electrons. The van der Waals surface area contributed by atoms with E-state index in [1.54, 1.807) is 42.7 Å². The summed E-state index contributed by atoms with van der Waals surface area (Å²) in [6.07, 6.45) is 2.90. The Morgan fingerprint density at radius 2 is 2.04 bits per heavy atom. The van der Waals surface area contributed by atoms with Crippen LogP contribution in [0.2, 0.25) is 0 Å². The second kappa shape index (κ2) is 5.45. The molecule has 0 unspecified atom stereocenters. The van der Waals surface area contributed by atoms with E-state index in [1.165, 1.54) is 0 Å². The van der Waals surface area contributed by atoms with Crippen molar-refractivity contribution in [3.05, 3.63) is 53.9 Å². The molecule has 2 heterocycles. The minimum Gasteiger partial charge on any atom is -0.345 e. The second-order valence-electron chi connectivity index (χ2n) is 5.83. The van der Waals surface area contributed by atoms with Crippen molar-refractivity contribution < 1.29 is 13.2 Å². The van der Waals surface area contributed by atoms with Gasteiger partial charge in [-0.05, 0) is 54.8 Å². The molecule has 0 bridgehead atoms.